The van der Waals surface area contributed by atoms with Crippen molar-refractivity contribution in [1.29, 1.82) is 0 Å². The van der Waals surface area contributed by atoms with E-state index in [0.29, 0.717) is 27.4 Å². The maximum atomic E-state index is 13.0. The van der Waals surface area contributed by atoms with Gasteiger partial charge in [0.1, 0.15) is 17.0 Å². The zero-order chi connectivity index (χ0) is 21.5. The van der Waals surface area contributed by atoms with Gasteiger partial charge >= 0.3 is 5.97 Å². The standard InChI is InChI=1S/C23H22ClNO4S/c1-3-28-22(26)15-21-25(12-13-29-19-10-4-16(2)5-11-19)23(27)20(30-21)14-17-6-8-18(24)9-7-17/h4-11,14-15H,3,12-13H2,1-2H3/b20-14+,21-15-. The second kappa shape index (κ2) is 10.3. The molecule has 0 aliphatic rings. The number of hydrogen-bond donors (Lipinski definition) is 0. The van der Waals surface area contributed by atoms with Crippen LogP contribution in [-0.4, -0.2) is 23.8 Å². The lowest BCUT2D eigenvalue weighted by Crippen LogP contribution is -2.33. The number of carbonyl (C=O) groups excluding carboxylic acids is 1. The summed E-state index contributed by atoms with van der Waals surface area (Å²) in [6, 6.07) is 14.9. The minimum absolute atomic E-state index is 0.182. The van der Waals surface area contributed by atoms with Crippen molar-refractivity contribution in [3.63, 3.8) is 0 Å². The monoisotopic (exact) mass is 443 g/mol. The van der Waals surface area contributed by atoms with E-state index >= 15 is 0 Å². The maximum absolute atomic E-state index is 13.0. The minimum Gasteiger partial charge on any atom is -0.492 e. The number of aryl methyl sites for hydroxylation is 1. The van der Waals surface area contributed by atoms with E-state index < -0.39 is 5.97 Å². The number of esters is 1. The molecule has 0 spiro atoms. The summed E-state index contributed by atoms with van der Waals surface area (Å²) in [7, 11) is 0. The lowest BCUT2D eigenvalue weighted by molar-refractivity contribution is -0.135. The molecule has 2 aromatic carbocycles. The second-order valence-electron chi connectivity index (χ2n) is 6.52. The molecule has 0 N–H and O–H groups in total. The van der Waals surface area contributed by atoms with Gasteiger partial charge in [-0.15, -0.1) is 11.3 Å². The zero-order valence-electron chi connectivity index (χ0n) is 16.8. The fraction of sp³-hybridized carbons (Fsp3) is 0.217. The van der Waals surface area contributed by atoms with Gasteiger partial charge in [-0.3, -0.25) is 9.36 Å². The van der Waals surface area contributed by atoms with Crippen LogP contribution in [-0.2, 0) is 16.1 Å². The molecule has 0 unspecified atom stereocenters. The lowest BCUT2D eigenvalue weighted by Gasteiger charge is -2.07. The summed E-state index contributed by atoms with van der Waals surface area (Å²) < 4.78 is 13.3. The average Bonchev–Trinajstić information content (AvgIpc) is 3.00. The number of aromatic nitrogens is 1. The molecule has 0 aliphatic carbocycles. The number of nitrogens with zero attached hydrogens (tertiary/aromatic N) is 1. The van der Waals surface area contributed by atoms with Crippen LogP contribution in [0.2, 0.25) is 5.02 Å². The molecule has 0 amide bonds. The van der Waals surface area contributed by atoms with Gasteiger partial charge in [-0.1, -0.05) is 41.4 Å². The smallest absolute Gasteiger partial charge is 0.333 e. The van der Waals surface area contributed by atoms with Gasteiger partial charge < -0.3 is 9.47 Å². The molecule has 3 rings (SSSR count). The Morgan fingerprint density at radius 1 is 1.13 bits per heavy atom. The molecule has 3 aromatic rings. The van der Waals surface area contributed by atoms with Crippen LogP contribution < -0.4 is 19.5 Å². The molecular weight excluding hydrogens is 422 g/mol. The first-order chi connectivity index (χ1) is 14.5. The van der Waals surface area contributed by atoms with Crippen LogP contribution in [0, 0.1) is 6.92 Å². The van der Waals surface area contributed by atoms with Crippen molar-refractivity contribution >= 4 is 41.1 Å². The predicted molar refractivity (Wildman–Crippen MR) is 121 cm³/mol. The van der Waals surface area contributed by atoms with Crippen molar-refractivity contribution in [2.24, 2.45) is 0 Å². The van der Waals surface area contributed by atoms with Crippen molar-refractivity contribution in [3.8, 4) is 5.75 Å². The van der Waals surface area contributed by atoms with Gasteiger partial charge in [-0.25, -0.2) is 4.79 Å². The van der Waals surface area contributed by atoms with Crippen molar-refractivity contribution in [3.05, 3.63) is 84.2 Å². The number of rotatable bonds is 7. The molecule has 1 heterocycles. The van der Waals surface area contributed by atoms with Crippen LogP contribution in [0.4, 0.5) is 0 Å². The summed E-state index contributed by atoms with van der Waals surface area (Å²) in [5.41, 5.74) is 1.81. The fourth-order valence-electron chi connectivity index (χ4n) is 2.74. The minimum atomic E-state index is -0.481. The highest BCUT2D eigenvalue weighted by Crippen LogP contribution is 2.11. The van der Waals surface area contributed by atoms with E-state index in [9.17, 15) is 9.59 Å². The molecular formula is C23H22ClNO4S. The molecule has 0 atom stereocenters. The molecule has 0 bridgehead atoms. The van der Waals surface area contributed by atoms with Crippen molar-refractivity contribution < 1.29 is 14.3 Å². The van der Waals surface area contributed by atoms with Gasteiger partial charge in [0.05, 0.1) is 23.8 Å². The number of carbonyl (C=O) groups is 1. The molecule has 0 radical (unpaired) electrons. The molecule has 0 saturated carbocycles. The Labute approximate surface area is 183 Å². The Morgan fingerprint density at radius 3 is 2.50 bits per heavy atom. The van der Waals surface area contributed by atoms with E-state index in [-0.39, 0.29) is 12.2 Å². The van der Waals surface area contributed by atoms with Crippen molar-refractivity contribution in [2.75, 3.05) is 13.2 Å². The zero-order valence-corrected chi connectivity index (χ0v) is 18.3. The number of benzene rings is 2. The van der Waals surface area contributed by atoms with Crippen molar-refractivity contribution in [2.45, 2.75) is 20.4 Å². The normalized spacial score (nSPS) is 12.2. The highest BCUT2D eigenvalue weighted by Gasteiger charge is 2.08. The van der Waals surface area contributed by atoms with E-state index in [1.807, 2.05) is 43.3 Å². The quantitative estimate of drug-likeness (QED) is 0.526. The predicted octanol–water partition coefficient (Wildman–Crippen LogP) is 3.12. The Bertz CT molecular complexity index is 1180. The van der Waals surface area contributed by atoms with Gasteiger partial charge in [0.15, 0.2) is 0 Å². The molecule has 0 fully saturated rings. The number of thiazole rings is 1. The lowest BCUT2D eigenvalue weighted by atomic mass is 10.2. The summed E-state index contributed by atoms with van der Waals surface area (Å²) in [4.78, 5) is 24.9. The van der Waals surface area contributed by atoms with Gasteiger partial charge in [0.2, 0.25) is 0 Å². The molecule has 156 valence electrons. The number of ether oxygens (including phenoxy) is 2. The van der Waals surface area contributed by atoms with E-state index in [1.54, 1.807) is 25.1 Å². The van der Waals surface area contributed by atoms with Crippen LogP contribution >= 0.6 is 22.9 Å². The third kappa shape index (κ3) is 5.84. The van der Waals surface area contributed by atoms with Gasteiger partial charge in [-0.2, -0.15) is 0 Å². The third-order valence-electron chi connectivity index (χ3n) is 4.24. The van der Waals surface area contributed by atoms with Crippen LogP contribution in [0.5, 0.6) is 5.75 Å². The molecule has 7 heteroatoms. The Morgan fingerprint density at radius 2 is 1.83 bits per heavy atom. The van der Waals surface area contributed by atoms with Crippen LogP contribution in [0.15, 0.2) is 53.3 Å². The molecule has 5 nitrogen and oxygen atoms in total. The summed E-state index contributed by atoms with van der Waals surface area (Å²) in [6.07, 6.45) is 3.13. The highest BCUT2D eigenvalue weighted by molar-refractivity contribution is 7.07. The number of halogens is 1. The third-order valence-corrected chi connectivity index (χ3v) is 5.55. The van der Waals surface area contributed by atoms with Gasteiger partial charge in [-0.05, 0) is 49.8 Å². The SMILES string of the molecule is CCOC(=O)/C=c1\s/c(=C/c2ccc(Cl)cc2)c(=O)n1CCOc1ccc(C)cc1. The maximum Gasteiger partial charge on any atom is 0.333 e. The highest BCUT2D eigenvalue weighted by atomic mass is 35.5. The van der Waals surface area contributed by atoms with Gasteiger partial charge in [0.25, 0.3) is 5.56 Å². The van der Waals surface area contributed by atoms with E-state index in [4.69, 9.17) is 21.1 Å². The second-order valence-corrected chi connectivity index (χ2v) is 8.01. The first-order valence-electron chi connectivity index (χ1n) is 9.51. The first-order valence-corrected chi connectivity index (χ1v) is 10.7. The summed E-state index contributed by atoms with van der Waals surface area (Å²) in [5, 5.41) is 0.625. The average molecular weight is 444 g/mol. The Hall–Kier alpha value is -2.83. The van der Waals surface area contributed by atoms with Crippen molar-refractivity contribution in [1.82, 2.24) is 4.57 Å². The molecule has 0 aliphatic heterocycles. The Balaban J connectivity index is 1.91. The van der Waals surface area contributed by atoms with E-state index in [0.717, 1.165) is 16.9 Å². The molecule has 1 aromatic heterocycles. The number of hydrogen-bond acceptors (Lipinski definition) is 5. The Kier molecular flexibility index (Phi) is 7.49. The van der Waals surface area contributed by atoms with E-state index in [2.05, 4.69) is 0 Å². The summed E-state index contributed by atoms with van der Waals surface area (Å²) >= 11 is 7.17. The van der Waals surface area contributed by atoms with Crippen LogP contribution in [0.1, 0.15) is 18.1 Å². The van der Waals surface area contributed by atoms with Gasteiger partial charge in [0, 0.05) is 5.02 Å². The largest absolute Gasteiger partial charge is 0.492 e. The fourth-order valence-corrected chi connectivity index (χ4v) is 3.92. The topological polar surface area (TPSA) is 57.5 Å². The summed E-state index contributed by atoms with van der Waals surface area (Å²) in [6.45, 7) is 4.62. The molecule has 30 heavy (non-hydrogen) atoms. The van der Waals surface area contributed by atoms with Crippen LogP contribution in [0.3, 0.4) is 0 Å². The first kappa shape index (κ1) is 21.9. The van der Waals surface area contributed by atoms with E-state index in [1.165, 1.54) is 22.0 Å². The van der Waals surface area contributed by atoms with Crippen LogP contribution in [0.25, 0.3) is 12.2 Å². The molecule has 0 saturated heterocycles. The summed E-state index contributed by atoms with van der Waals surface area (Å²) in [5.74, 6) is 0.248.